The molecule has 4 nitrogen and oxygen atoms in total. The highest BCUT2D eigenvalue weighted by Crippen LogP contribution is 2.31. The minimum Gasteiger partial charge on any atom is -0.451 e. The zero-order chi connectivity index (χ0) is 17.2. The molecule has 0 fully saturated rings. The summed E-state index contributed by atoms with van der Waals surface area (Å²) in [6.07, 6.45) is -0.607. The van der Waals surface area contributed by atoms with E-state index in [-0.39, 0.29) is 5.91 Å². The number of aliphatic hydroxyl groups is 1. The highest BCUT2D eigenvalue weighted by Gasteiger charge is 2.15. The van der Waals surface area contributed by atoms with Crippen molar-refractivity contribution in [2.45, 2.75) is 12.6 Å². The van der Waals surface area contributed by atoms with E-state index in [2.05, 4.69) is 5.32 Å². The zero-order valence-corrected chi connectivity index (χ0v) is 14.8. The number of carbonyl (C=O) groups excluding carboxylic acids is 1. The molecule has 6 heteroatoms. The van der Waals surface area contributed by atoms with Gasteiger partial charge in [0.25, 0.3) is 5.91 Å². The van der Waals surface area contributed by atoms with E-state index >= 15 is 0 Å². The lowest BCUT2D eigenvalue weighted by molar-refractivity contribution is 0.0925. The van der Waals surface area contributed by atoms with Crippen molar-refractivity contribution in [1.82, 2.24) is 5.32 Å². The Kier molecular flexibility index (Phi) is 4.40. The minimum atomic E-state index is -0.607. The maximum Gasteiger partial charge on any atom is 0.287 e. The lowest BCUT2D eigenvalue weighted by Gasteiger charge is -2.05. The van der Waals surface area contributed by atoms with E-state index < -0.39 is 6.10 Å². The molecule has 1 unspecified atom stereocenters. The summed E-state index contributed by atoms with van der Waals surface area (Å²) in [7, 11) is 0. The van der Waals surface area contributed by atoms with Gasteiger partial charge >= 0.3 is 0 Å². The molecule has 3 heterocycles. The monoisotopic (exact) mass is 369 g/mol. The van der Waals surface area contributed by atoms with Gasteiger partial charge < -0.3 is 14.8 Å². The summed E-state index contributed by atoms with van der Waals surface area (Å²) in [6.45, 7) is 0.401. The molecule has 0 aliphatic heterocycles. The number of rotatable bonds is 5. The van der Waals surface area contributed by atoms with Crippen LogP contribution in [0.4, 0.5) is 0 Å². The molecule has 1 atom stereocenters. The Hall–Kier alpha value is -2.41. The molecule has 0 aliphatic carbocycles. The predicted octanol–water partition coefficient (Wildman–Crippen LogP) is 4.57. The first-order valence-corrected chi connectivity index (χ1v) is 9.47. The van der Waals surface area contributed by atoms with E-state index in [9.17, 15) is 9.90 Å². The van der Waals surface area contributed by atoms with Gasteiger partial charge in [0.05, 0.1) is 6.54 Å². The van der Waals surface area contributed by atoms with Gasteiger partial charge in [-0.25, -0.2) is 0 Å². The number of carbonyl (C=O) groups is 1. The van der Waals surface area contributed by atoms with E-state index in [1.807, 2.05) is 53.9 Å². The first kappa shape index (κ1) is 16.1. The second-order valence-electron chi connectivity index (χ2n) is 5.55. The number of hydrogen-bond donors (Lipinski definition) is 2. The molecule has 0 aliphatic rings. The summed E-state index contributed by atoms with van der Waals surface area (Å²) in [5.41, 5.74) is 0.699. The van der Waals surface area contributed by atoms with Crippen molar-refractivity contribution in [3.05, 3.63) is 80.4 Å². The molecule has 4 rings (SSSR count). The van der Waals surface area contributed by atoms with Crippen LogP contribution in [-0.4, -0.2) is 11.0 Å². The Balaban J connectivity index is 1.42. The molecule has 1 amide bonds. The average molecular weight is 369 g/mol. The van der Waals surface area contributed by atoms with Gasteiger partial charge in [-0.15, -0.1) is 22.7 Å². The standard InChI is InChI=1S/C19H15NO3S2/c21-18(16-6-3-9-24-16)17-8-7-13(25-17)11-20-19(22)15-10-12-4-1-2-5-14(12)23-15/h1-10,18,21H,11H2,(H,20,22). The smallest absolute Gasteiger partial charge is 0.287 e. The summed E-state index contributed by atoms with van der Waals surface area (Å²) >= 11 is 3.02. The lowest BCUT2D eigenvalue weighted by atomic mass is 10.2. The van der Waals surface area contributed by atoms with Gasteiger partial charge in [0.15, 0.2) is 5.76 Å². The SMILES string of the molecule is O=C(NCc1ccc(C(O)c2cccs2)s1)c1cc2ccccc2o1. The number of aliphatic hydroxyl groups excluding tert-OH is 1. The first-order valence-electron chi connectivity index (χ1n) is 7.77. The Morgan fingerprint density at radius 1 is 1.12 bits per heavy atom. The molecule has 0 bridgehead atoms. The molecule has 4 aromatic rings. The fraction of sp³-hybridized carbons (Fsp3) is 0.105. The molecule has 126 valence electrons. The van der Waals surface area contributed by atoms with Gasteiger partial charge in [0.1, 0.15) is 11.7 Å². The number of fused-ring (bicyclic) bond motifs is 1. The van der Waals surface area contributed by atoms with Crippen LogP contribution in [0.25, 0.3) is 11.0 Å². The van der Waals surface area contributed by atoms with Crippen LogP contribution in [0.1, 0.15) is 31.3 Å². The predicted molar refractivity (Wildman–Crippen MR) is 100 cm³/mol. The third-order valence-corrected chi connectivity index (χ3v) is 5.90. The van der Waals surface area contributed by atoms with Crippen LogP contribution >= 0.6 is 22.7 Å². The Bertz CT molecular complexity index is 968. The number of amides is 1. The zero-order valence-electron chi connectivity index (χ0n) is 13.1. The lowest BCUT2D eigenvalue weighted by Crippen LogP contribution is -2.21. The molecule has 0 saturated heterocycles. The second-order valence-corrected chi connectivity index (χ2v) is 7.73. The van der Waals surface area contributed by atoms with Gasteiger partial charge in [-0.05, 0) is 35.7 Å². The molecular formula is C19H15NO3S2. The van der Waals surface area contributed by atoms with E-state index in [1.165, 1.54) is 22.7 Å². The number of nitrogens with one attached hydrogen (secondary N) is 1. The Morgan fingerprint density at radius 3 is 2.80 bits per heavy atom. The normalized spacial score (nSPS) is 12.4. The Morgan fingerprint density at radius 2 is 2.00 bits per heavy atom. The third-order valence-electron chi connectivity index (χ3n) is 3.84. The first-order chi connectivity index (χ1) is 12.2. The van der Waals surface area contributed by atoms with Crippen LogP contribution in [0.15, 0.2) is 64.4 Å². The summed E-state index contributed by atoms with van der Waals surface area (Å²) < 4.78 is 5.56. The van der Waals surface area contributed by atoms with E-state index in [0.29, 0.717) is 17.9 Å². The van der Waals surface area contributed by atoms with E-state index in [4.69, 9.17) is 4.42 Å². The summed E-state index contributed by atoms with van der Waals surface area (Å²) in [6, 6.07) is 16.9. The molecule has 25 heavy (non-hydrogen) atoms. The number of benzene rings is 1. The summed E-state index contributed by atoms with van der Waals surface area (Å²) in [5, 5.41) is 16.1. The van der Waals surface area contributed by atoms with Gasteiger partial charge in [0.2, 0.25) is 0 Å². The number of thiophene rings is 2. The molecule has 2 N–H and O–H groups in total. The van der Waals surface area contributed by atoms with Crippen molar-refractivity contribution in [2.75, 3.05) is 0 Å². The topological polar surface area (TPSA) is 62.5 Å². The number of para-hydroxylation sites is 1. The third kappa shape index (κ3) is 3.37. The summed E-state index contributed by atoms with van der Waals surface area (Å²) in [5.74, 6) is 0.0570. The van der Waals surface area contributed by atoms with E-state index in [0.717, 1.165) is 20.0 Å². The van der Waals surface area contributed by atoms with Crippen molar-refractivity contribution in [3.8, 4) is 0 Å². The highest BCUT2D eigenvalue weighted by molar-refractivity contribution is 7.12. The molecule has 0 spiro atoms. The van der Waals surface area contributed by atoms with Crippen LogP contribution in [0.2, 0.25) is 0 Å². The van der Waals surface area contributed by atoms with Crippen LogP contribution in [-0.2, 0) is 6.54 Å². The van der Waals surface area contributed by atoms with Crippen LogP contribution in [0.3, 0.4) is 0 Å². The fourth-order valence-corrected chi connectivity index (χ4v) is 4.33. The minimum absolute atomic E-state index is 0.245. The van der Waals surface area contributed by atoms with Crippen molar-refractivity contribution >= 4 is 39.5 Å². The van der Waals surface area contributed by atoms with E-state index in [1.54, 1.807) is 6.07 Å². The molecule has 3 aromatic heterocycles. The number of hydrogen-bond acceptors (Lipinski definition) is 5. The average Bonchev–Trinajstić information content (AvgIpc) is 3.39. The largest absolute Gasteiger partial charge is 0.451 e. The highest BCUT2D eigenvalue weighted by atomic mass is 32.1. The maximum absolute atomic E-state index is 12.3. The molecule has 0 saturated carbocycles. The van der Waals surface area contributed by atoms with Gasteiger partial charge in [-0.3, -0.25) is 4.79 Å². The fourth-order valence-electron chi connectivity index (χ4n) is 2.57. The molecule has 0 radical (unpaired) electrons. The van der Waals surface area contributed by atoms with Crippen molar-refractivity contribution in [3.63, 3.8) is 0 Å². The van der Waals surface area contributed by atoms with Crippen LogP contribution < -0.4 is 5.32 Å². The molecular weight excluding hydrogens is 354 g/mol. The van der Waals surface area contributed by atoms with Crippen molar-refractivity contribution in [2.24, 2.45) is 0 Å². The van der Waals surface area contributed by atoms with Crippen molar-refractivity contribution in [1.29, 1.82) is 0 Å². The second kappa shape index (κ2) is 6.84. The van der Waals surface area contributed by atoms with Gasteiger partial charge in [0, 0.05) is 20.0 Å². The maximum atomic E-state index is 12.3. The summed E-state index contributed by atoms with van der Waals surface area (Å²) in [4.78, 5) is 15.0. The molecule has 1 aromatic carbocycles. The van der Waals surface area contributed by atoms with Crippen molar-refractivity contribution < 1.29 is 14.3 Å². The van der Waals surface area contributed by atoms with Gasteiger partial charge in [-0.1, -0.05) is 24.3 Å². The van der Waals surface area contributed by atoms with Gasteiger partial charge in [-0.2, -0.15) is 0 Å². The van der Waals surface area contributed by atoms with Crippen LogP contribution in [0, 0.1) is 0 Å². The Labute approximate surface area is 152 Å². The number of furan rings is 1. The van der Waals surface area contributed by atoms with Crippen LogP contribution in [0.5, 0.6) is 0 Å². The quantitative estimate of drug-likeness (QED) is 0.542.